The van der Waals surface area contributed by atoms with Crippen LogP contribution in [0, 0.1) is 0 Å². The second-order valence-electron chi connectivity index (χ2n) is 5.69. The highest BCUT2D eigenvalue weighted by Gasteiger charge is 2.20. The minimum Gasteiger partial charge on any atom is -0.496 e. The topological polar surface area (TPSA) is 47.6 Å². The van der Waals surface area contributed by atoms with E-state index in [9.17, 15) is 4.79 Å². The van der Waals surface area contributed by atoms with Gasteiger partial charge in [0.2, 0.25) is 0 Å². The molecule has 0 fully saturated rings. The van der Waals surface area contributed by atoms with E-state index in [2.05, 4.69) is 12.2 Å². The number of aryl methyl sites for hydroxylation is 1. The van der Waals surface area contributed by atoms with Crippen molar-refractivity contribution in [3.8, 4) is 11.5 Å². The third-order valence-electron chi connectivity index (χ3n) is 3.99. The van der Waals surface area contributed by atoms with Crippen molar-refractivity contribution in [2.75, 3.05) is 7.11 Å². The molecule has 0 saturated carbocycles. The normalized spacial score (nSPS) is 13.0. The zero-order chi connectivity index (χ0) is 17.5. The zero-order valence-electron chi connectivity index (χ0n) is 14.7. The number of hydrogen-bond acceptors (Lipinski definition) is 3. The Morgan fingerprint density at radius 3 is 2.33 bits per heavy atom. The summed E-state index contributed by atoms with van der Waals surface area (Å²) in [5.41, 5.74) is 2.03. The second kappa shape index (κ2) is 8.39. The fourth-order valence-corrected chi connectivity index (χ4v) is 2.59. The van der Waals surface area contributed by atoms with Crippen LogP contribution in [-0.2, 0) is 11.2 Å². The predicted molar refractivity (Wildman–Crippen MR) is 95.5 cm³/mol. The summed E-state index contributed by atoms with van der Waals surface area (Å²) >= 11 is 0. The lowest BCUT2D eigenvalue weighted by Gasteiger charge is -2.21. The van der Waals surface area contributed by atoms with Crippen LogP contribution < -0.4 is 14.8 Å². The maximum atomic E-state index is 12.5. The molecule has 4 nitrogen and oxygen atoms in total. The average molecular weight is 327 g/mol. The first-order valence-corrected chi connectivity index (χ1v) is 8.24. The zero-order valence-corrected chi connectivity index (χ0v) is 14.7. The van der Waals surface area contributed by atoms with Gasteiger partial charge in [0.15, 0.2) is 6.10 Å². The van der Waals surface area contributed by atoms with Gasteiger partial charge >= 0.3 is 0 Å². The van der Waals surface area contributed by atoms with Gasteiger partial charge in [-0.1, -0.05) is 43.3 Å². The third-order valence-corrected chi connectivity index (χ3v) is 3.99. The number of carbonyl (C=O) groups excluding carboxylic acids is 1. The minimum atomic E-state index is -0.574. The highest BCUT2D eigenvalue weighted by molar-refractivity contribution is 5.81. The molecule has 0 radical (unpaired) electrons. The van der Waals surface area contributed by atoms with Crippen molar-refractivity contribution in [3.63, 3.8) is 0 Å². The highest BCUT2D eigenvalue weighted by Crippen LogP contribution is 2.25. The van der Waals surface area contributed by atoms with E-state index < -0.39 is 6.10 Å². The van der Waals surface area contributed by atoms with E-state index in [-0.39, 0.29) is 11.9 Å². The molecule has 2 unspecified atom stereocenters. The Morgan fingerprint density at radius 1 is 1.04 bits per heavy atom. The maximum Gasteiger partial charge on any atom is 0.261 e. The molecule has 1 N–H and O–H groups in total. The van der Waals surface area contributed by atoms with Crippen LogP contribution in [0.15, 0.2) is 48.5 Å². The van der Waals surface area contributed by atoms with Crippen molar-refractivity contribution in [2.45, 2.75) is 39.3 Å². The van der Waals surface area contributed by atoms with Crippen molar-refractivity contribution >= 4 is 5.91 Å². The number of benzene rings is 2. The fraction of sp³-hybridized carbons (Fsp3) is 0.350. The molecule has 2 aromatic rings. The second-order valence-corrected chi connectivity index (χ2v) is 5.69. The van der Waals surface area contributed by atoms with Crippen molar-refractivity contribution in [3.05, 3.63) is 59.7 Å². The quantitative estimate of drug-likeness (QED) is 0.839. The Kier molecular flexibility index (Phi) is 6.24. The number of carbonyl (C=O) groups is 1. The van der Waals surface area contributed by atoms with Gasteiger partial charge in [0, 0.05) is 5.56 Å². The van der Waals surface area contributed by atoms with Crippen molar-refractivity contribution in [2.24, 2.45) is 0 Å². The summed E-state index contributed by atoms with van der Waals surface area (Å²) < 4.78 is 11.2. The number of nitrogens with one attached hydrogen (secondary N) is 1. The molecule has 128 valence electrons. The molecule has 0 aliphatic rings. The van der Waals surface area contributed by atoms with Gasteiger partial charge in [0.1, 0.15) is 11.5 Å². The first kappa shape index (κ1) is 17.9. The van der Waals surface area contributed by atoms with Crippen LogP contribution in [0.25, 0.3) is 0 Å². The summed E-state index contributed by atoms with van der Waals surface area (Å²) in [5.74, 6) is 1.36. The molecule has 4 heteroatoms. The Balaban J connectivity index is 2.03. The molecule has 0 aliphatic heterocycles. The van der Waals surface area contributed by atoms with Crippen molar-refractivity contribution in [1.82, 2.24) is 5.32 Å². The molecule has 0 heterocycles. The van der Waals surface area contributed by atoms with Crippen LogP contribution in [0.4, 0.5) is 0 Å². The van der Waals surface area contributed by atoms with E-state index >= 15 is 0 Å². The summed E-state index contributed by atoms with van der Waals surface area (Å²) in [7, 11) is 1.63. The number of hydrogen-bond donors (Lipinski definition) is 1. The van der Waals surface area contributed by atoms with E-state index in [1.165, 1.54) is 0 Å². The van der Waals surface area contributed by atoms with Crippen LogP contribution in [0.1, 0.15) is 37.9 Å². The third kappa shape index (κ3) is 4.28. The van der Waals surface area contributed by atoms with Gasteiger partial charge in [-0.3, -0.25) is 4.79 Å². The molecular weight excluding hydrogens is 302 g/mol. The molecule has 2 aromatic carbocycles. The first-order chi connectivity index (χ1) is 11.6. The molecule has 0 aromatic heterocycles. The fourth-order valence-electron chi connectivity index (χ4n) is 2.59. The lowest BCUT2D eigenvalue weighted by atomic mass is 10.1. The average Bonchev–Trinajstić information content (AvgIpc) is 2.61. The Labute approximate surface area is 143 Å². The first-order valence-electron chi connectivity index (χ1n) is 8.24. The molecule has 0 aliphatic carbocycles. The highest BCUT2D eigenvalue weighted by atomic mass is 16.5. The maximum absolute atomic E-state index is 12.5. The molecule has 2 atom stereocenters. The van der Waals surface area contributed by atoms with E-state index in [1.807, 2.05) is 55.5 Å². The van der Waals surface area contributed by atoms with Gasteiger partial charge in [-0.05, 0) is 38.0 Å². The van der Waals surface area contributed by atoms with Crippen LogP contribution in [0.3, 0.4) is 0 Å². The summed E-state index contributed by atoms with van der Waals surface area (Å²) in [6, 6.07) is 15.3. The smallest absolute Gasteiger partial charge is 0.261 e. The SMILES string of the molecule is CCc1ccccc1OC(C)C(=O)NC(C)c1ccccc1OC. The molecule has 0 saturated heterocycles. The van der Waals surface area contributed by atoms with Gasteiger partial charge < -0.3 is 14.8 Å². The van der Waals surface area contributed by atoms with Gasteiger partial charge in [-0.2, -0.15) is 0 Å². The lowest BCUT2D eigenvalue weighted by Crippen LogP contribution is -2.38. The van der Waals surface area contributed by atoms with Gasteiger partial charge in [-0.15, -0.1) is 0 Å². The van der Waals surface area contributed by atoms with E-state index in [4.69, 9.17) is 9.47 Å². The number of methoxy groups -OCH3 is 1. The minimum absolute atomic E-state index is 0.153. The summed E-state index contributed by atoms with van der Waals surface area (Å²) in [6.45, 7) is 5.76. The van der Waals surface area contributed by atoms with Crippen LogP contribution >= 0.6 is 0 Å². The molecule has 1 amide bonds. The molecule has 0 bridgehead atoms. The van der Waals surface area contributed by atoms with Gasteiger partial charge in [-0.25, -0.2) is 0 Å². The largest absolute Gasteiger partial charge is 0.496 e. The summed E-state index contributed by atoms with van der Waals surface area (Å²) in [6.07, 6.45) is 0.289. The van der Waals surface area contributed by atoms with Gasteiger partial charge in [0.05, 0.1) is 13.2 Å². The number of para-hydroxylation sites is 2. The Morgan fingerprint density at radius 2 is 1.67 bits per heavy atom. The van der Waals surface area contributed by atoms with Crippen molar-refractivity contribution in [1.29, 1.82) is 0 Å². The summed E-state index contributed by atoms with van der Waals surface area (Å²) in [5, 5.41) is 2.98. The number of amides is 1. The standard InChI is InChI=1S/C20H25NO3/c1-5-16-10-6-8-12-18(16)24-15(3)20(22)21-14(2)17-11-7-9-13-19(17)23-4/h6-15H,5H2,1-4H3,(H,21,22). The molecule has 24 heavy (non-hydrogen) atoms. The lowest BCUT2D eigenvalue weighted by molar-refractivity contribution is -0.127. The number of rotatable bonds is 7. The molecule has 0 spiro atoms. The van der Waals surface area contributed by atoms with E-state index in [1.54, 1.807) is 14.0 Å². The van der Waals surface area contributed by atoms with E-state index in [0.717, 1.165) is 29.0 Å². The van der Waals surface area contributed by atoms with E-state index in [0.29, 0.717) is 0 Å². The van der Waals surface area contributed by atoms with Crippen molar-refractivity contribution < 1.29 is 14.3 Å². The monoisotopic (exact) mass is 327 g/mol. The summed E-state index contributed by atoms with van der Waals surface area (Å²) in [4.78, 5) is 12.5. The predicted octanol–water partition coefficient (Wildman–Crippen LogP) is 3.90. The number of ether oxygens (including phenoxy) is 2. The van der Waals surface area contributed by atoms with Crippen LogP contribution in [-0.4, -0.2) is 19.1 Å². The molecule has 2 rings (SSSR count). The Bertz CT molecular complexity index is 684. The van der Waals surface area contributed by atoms with Crippen LogP contribution in [0.2, 0.25) is 0 Å². The van der Waals surface area contributed by atoms with Gasteiger partial charge in [0.25, 0.3) is 5.91 Å². The molecular formula is C20H25NO3. The van der Waals surface area contributed by atoms with Crippen LogP contribution in [0.5, 0.6) is 11.5 Å². The Hall–Kier alpha value is -2.49.